The van der Waals surface area contributed by atoms with Gasteiger partial charge in [0.25, 0.3) is 0 Å². The highest BCUT2D eigenvalue weighted by atomic mass is 32.1. The number of unbranched alkanes of at least 4 members (excludes halogenated alkanes) is 3. The minimum Gasteiger partial charge on any atom is -0.356 e. The molecule has 0 spiro atoms. The zero-order valence-corrected chi connectivity index (χ0v) is 13.2. The van der Waals surface area contributed by atoms with Gasteiger partial charge in [0.15, 0.2) is 0 Å². The molecule has 2 heterocycles. The number of aromatic nitrogens is 2. The SMILES string of the molecule is CCCCCCNC(=O)Cc1csc(-c2cccnc2)n1. The molecular weight excluding hydrogens is 282 g/mol. The summed E-state index contributed by atoms with van der Waals surface area (Å²) in [6.07, 6.45) is 8.56. The lowest BCUT2D eigenvalue weighted by atomic mass is 10.2. The summed E-state index contributed by atoms with van der Waals surface area (Å²) in [5.74, 6) is 0.0505. The van der Waals surface area contributed by atoms with Gasteiger partial charge in [0.1, 0.15) is 5.01 Å². The van der Waals surface area contributed by atoms with Crippen LogP contribution < -0.4 is 5.32 Å². The highest BCUT2D eigenvalue weighted by Gasteiger charge is 2.08. The fourth-order valence-electron chi connectivity index (χ4n) is 2.02. The van der Waals surface area contributed by atoms with Crippen LogP contribution in [0.15, 0.2) is 29.9 Å². The average molecular weight is 303 g/mol. The zero-order chi connectivity index (χ0) is 14.9. The van der Waals surface area contributed by atoms with E-state index in [1.807, 2.05) is 17.5 Å². The number of nitrogens with zero attached hydrogens (tertiary/aromatic N) is 2. The van der Waals surface area contributed by atoms with Crippen molar-refractivity contribution in [3.63, 3.8) is 0 Å². The van der Waals surface area contributed by atoms with Crippen molar-refractivity contribution in [3.8, 4) is 10.6 Å². The van der Waals surface area contributed by atoms with Crippen LogP contribution in [-0.4, -0.2) is 22.4 Å². The molecule has 112 valence electrons. The molecule has 0 unspecified atom stereocenters. The van der Waals surface area contributed by atoms with Crippen molar-refractivity contribution in [2.45, 2.75) is 39.0 Å². The van der Waals surface area contributed by atoms with Crippen molar-refractivity contribution in [2.75, 3.05) is 6.54 Å². The Labute approximate surface area is 129 Å². The van der Waals surface area contributed by atoms with E-state index in [1.165, 1.54) is 19.3 Å². The third-order valence-corrected chi connectivity index (χ3v) is 4.09. The highest BCUT2D eigenvalue weighted by molar-refractivity contribution is 7.13. The molecule has 4 nitrogen and oxygen atoms in total. The molecule has 0 aliphatic rings. The monoisotopic (exact) mass is 303 g/mol. The maximum atomic E-state index is 11.8. The van der Waals surface area contributed by atoms with Crippen LogP contribution in [0, 0.1) is 0 Å². The van der Waals surface area contributed by atoms with Crippen molar-refractivity contribution in [1.29, 1.82) is 0 Å². The molecule has 0 atom stereocenters. The normalized spacial score (nSPS) is 10.5. The first-order valence-electron chi connectivity index (χ1n) is 7.41. The van der Waals surface area contributed by atoms with Gasteiger partial charge < -0.3 is 5.32 Å². The summed E-state index contributed by atoms with van der Waals surface area (Å²) < 4.78 is 0. The van der Waals surface area contributed by atoms with Crippen LogP contribution in [-0.2, 0) is 11.2 Å². The number of rotatable bonds is 8. The first-order chi connectivity index (χ1) is 10.3. The number of hydrogen-bond acceptors (Lipinski definition) is 4. The van der Waals surface area contributed by atoms with Crippen LogP contribution in [0.5, 0.6) is 0 Å². The van der Waals surface area contributed by atoms with Gasteiger partial charge in [0, 0.05) is 29.9 Å². The number of carbonyl (C=O) groups is 1. The second-order valence-electron chi connectivity index (χ2n) is 4.97. The summed E-state index contributed by atoms with van der Waals surface area (Å²) in [5.41, 5.74) is 1.82. The van der Waals surface area contributed by atoms with Crippen LogP contribution in [0.2, 0.25) is 0 Å². The van der Waals surface area contributed by atoms with Crippen LogP contribution in [0.3, 0.4) is 0 Å². The number of thiazole rings is 1. The molecule has 21 heavy (non-hydrogen) atoms. The molecule has 0 saturated heterocycles. The van der Waals surface area contributed by atoms with Gasteiger partial charge in [-0.2, -0.15) is 0 Å². The Morgan fingerprint density at radius 1 is 1.33 bits per heavy atom. The van der Waals surface area contributed by atoms with Crippen LogP contribution in [0.1, 0.15) is 38.3 Å². The van der Waals surface area contributed by atoms with E-state index in [4.69, 9.17) is 0 Å². The third kappa shape index (κ3) is 5.27. The molecule has 2 rings (SSSR count). The fourth-order valence-corrected chi connectivity index (χ4v) is 2.83. The van der Waals surface area contributed by atoms with Gasteiger partial charge in [-0.05, 0) is 18.6 Å². The number of carbonyl (C=O) groups excluding carboxylic acids is 1. The molecule has 0 saturated carbocycles. The molecule has 0 aliphatic heterocycles. The van der Waals surface area contributed by atoms with Crippen molar-refractivity contribution >= 4 is 17.2 Å². The van der Waals surface area contributed by atoms with E-state index in [2.05, 4.69) is 22.2 Å². The quantitative estimate of drug-likeness (QED) is 0.760. The molecule has 0 aliphatic carbocycles. The fraction of sp³-hybridized carbons (Fsp3) is 0.438. The summed E-state index contributed by atoms with van der Waals surface area (Å²) in [6, 6.07) is 3.86. The van der Waals surface area contributed by atoms with E-state index in [0.29, 0.717) is 6.42 Å². The van der Waals surface area contributed by atoms with E-state index in [9.17, 15) is 4.79 Å². The molecule has 1 N–H and O–H groups in total. The van der Waals surface area contributed by atoms with E-state index in [1.54, 1.807) is 23.7 Å². The molecule has 2 aromatic heterocycles. The third-order valence-electron chi connectivity index (χ3n) is 3.15. The molecular formula is C16H21N3OS. The van der Waals surface area contributed by atoms with Gasteiger partial charge >= 0.3 is 0 Å². The Kier molecular flexibility index (Phi) is 6.34. The van der Waals surface area contributed by atoms with Crippen LogP contribution in [0.25, 0.3) is 10.6 Å². The van der Waals surface area contributed by atoms with Crippen LogP contribution in [0.4, 0.5) is 0 Å². The Morgan fingerprint density at radius 2 is 2.24 bits per heavy atom. The summed E-state index contributed by atoms with van der Waals surface area (Å²) >= 11 is 1.55. The molecule has 0 aromatic carbocycles. The molecule has 2 aromatic rings. The Morgan fingerprint density at radius 3 is 3.00 bits per heavy atom. The second-order valence-corrected chi connectivity index (χ2v) is 5.83. The van der Waals surface area contributed by atoms with Gasteiger partial charge in [-0.3, -0.25) is 9.78 Å². The number of amides is 1. The summed E-state index contributed by atoms with van der Waals surface area (Å²) in [6.45, 7) is 2.94. The van der Waals surface area contributed by atoms with Crippen molar-refractivity contribution in [2.24, 2.45) is 0 Å². The number of nitrogens with one attached hydrogen (secondary N) is 1. The van der Waals surface area contributed by atoms with Crippen molar-refractivity contribution in [3.05, 3.63) is 35.6 Å². The molecule has 0 fully saturated rings. The van der Waals surface area contributed by atoms with Gasteiger partial charge in [-0.15, -0.1) is 11.3 Å². The smallest absolute Gasteiger partial charge is 0.226 e. The Balaban J connectivity index is 1.78. The number of hydrogen-bond donors (Lipinski definition) is 1. The topological polar surface area (TPSA) is 54.9 Å². The van der Waals surface area contributed by atoms with E-state index >= 15 is 0 Å². The molecule has 5 heteroatoms. The molecule has 0 radical (unpaired) electrons. The zero-order valence-electron chi connectivity index (χ0n) is 12.3. The predicted octanol–water partition coefficient (Wildman–Crippen LogP) is 3.44. The molecule has 1 amide bonds. The minimum atomic E-state index is 0.0505. The van der Waals surface area contributed by atoms with E-state index < -0.39 is 0 Å². The summed E-state index contributed by atoms with van der Waals surface area (Å²) in [5, 5.41) is 5.81. The average Bonchev–Trinajstić information content (AvgIpc) is 2.96. The van der Waals surface area contributed by atoms with Crippen LogP contribution >= 0.6 is 11.3 Å². The Hall–Kier alpha value is -1.75. The number of pyridine rings is 1. The van der Waals surface area contributed by atoms with Crippen molar-refractivity contribution < 1.29 is 4.79 Å². The summed E-state index contributed by atoms with van der Waals surface area (Å²) in [7, 11) is 0. The van der Waals surface area contributed by atoms with E-state index in [0.717, 1.165) is 29.2 Å². The first kappa shape index (κ1) is 15.6. The lowest BCUT2D eigenvalue weighted by molar-refractivity contribution is -0.120. The maximum absolute atomic E-state index is 11.8. The maximum Gasteiger partial charge on any atom is 0.226 e. The Bertz CT molecular complexity index is 554. The standard InChI is InChI=1S/C16H21N3OS/c1-2-3-4-5-9-18-15(20)10-14-12-21-16(19-14)13-7-6-8-17-11-13/h6-8,11-12H,2-5,9-10H2,1H3,(H,18,20). The van der Waals surface area contributed by atoms with Crippen molar-refractivity contribution in [1.82, 2.24) is 15.3 Å². The second kappa shape index (κ2) is 8.52. The molecule has 0 bridgehead atoms. The highest BCUT2D eigenvalue weighted by Crippen LogP contribution is 2.22. The largest absolute Gasteiger partial charge is 0.356 e. The minimum absolute atomic E-state index is 0.0505. The lowest BCUT2D eigenvalue weighted by Gasteiger charge is -2.03. The summed E-state index contributed by atoms with van der Waals surface area (Å²) in [4.78, 5) is 20.4. The predicted molar refractivity (Wildman–Crippen MR) is 86.2 cm³/mol. The van der Waals surface area contributed by atoms with Gasteiger partial charge in [-0.25, -0.2) is 4.98 Å². The van der Waals surface area contributed by atoms with Gasteiger partial charge in [-0.1, -0.05) is 26.2 Å². The lowest BCUT2D eigenvalue weighted by Crippen LogP contribution is -2.26. The van der Waals surface area contributed by atoms with Gasteiger partial charge in [0.05, 0.1) is 12.1 Å². The van der Waals surface area contributed by atoms with E-state index in [-0.39, 0.29) is 5.91 Å². The first-order valence-corrected chi connectivity index (χ1v) is 8.29. The van der Waals surface area contributed by atoms with Gasteiger partial charge in [0.2, 0.25) is 5.91 Å².